The van der Waals surface area contributed by atoms with E-state index in [4.69, 9.17) is 11.6 Å². The van der Waals surface area contributed by atoms with Crippen molar-refractivity contribution >= 4 is 28.4 Å². The molecule has 0 spiro atoms. The Balaban J connectivity index is 2.55. The van der Waals surface area contributed by atoms with Gasteiger partial charge in [0.25, 0.3) is 5.56 Å². The molecule has 1 heterocycles. The van der Waals surface area contributed by atoms with Crippen LogP contribution in [0.2, 0.25) is 0 Å². The fourth-order valence-electron chi connectivity index (χ4n) is 2.91. The first-order valence-corrected chi connectivity index (χ1v) is 9.10. The summed E-state index contributed by atoms with van der Waals surface area (Å²) in [6, 6.07) is 6.95. The standard InChI is InChI=1S/C19H26ClN3O2/c1-6-11-23(18(25)19(3,4)12-20)13(2)16-21-15-10-8-7-9-14(15)17(24)22(16)5/h7-10,13H,6,11-12H2,1-5H3. The second-order valence-corrected chi connectivity index (χ2v) is 7.31. The zero-order valence-corrected chi connectivity index (χ0v) is 16.3. The molecule has 136 valence electrons. The highest BCUT2D eigenvalue weighted by atomic mass is 35.5. The highest BCUT2D eigenvalue weighted by Crippen LogP contribution is 2.27. The molecule has 0 bridgehead atoms. The predicted octanol–water partition coefficient (Wildman–Crippen LogP) is 3.50. The normalized spacial score (nSPS) is 13.0. The number of rotatable bonds is 6. The lowest BCUT2D eigenvalue weighted by atomic mass is 9.93. The van der Waals surface area contributed by atoms with Crippen LogP contribution in [-0.4, -0.2) is 32.8 Å². The third kappa shape index (κ3) is 3.71. The largest absolute Gasteiger partial charge is 0.332 e. The lowest BCUT2D eigenvalue weighted by molar-refractivity contribution is -0.141. The lowest BCUT2D eigenvalue weighted by Crippen LogP contribution is -2.45. The van der Waals surface area contributed by atoms with Crippen molar-refractivity contribution in [3.8, 4) is 0 Å². The van der Waals surface area contributed by atoms with Crippen LogP contribution in [0.1, 0.15) is 46.0 Å². The van der Waals surface area contributed by atoms with Gasteiger partial charge >= 0.3 is 0 Å². The number of benzene rings is 1. The van der Waals surface area contributed by atoms with Gasteiger partial charge in [-0.1, -0.05) is 19.1 Å². The Bertz CT molecular complexity index is 829. The monoisotopic (exact) mass is 363 g/mol. The maximum Gasteiger partial charge on any atom is 0.261 e. The molecular weight excluding hydrogens is 338 g/mol. The molecular formula is C19H26ClN3O2. The van der Waals surface area contributed by atoms with Crippen LogP contribution in [0.15, 0.2) is 29.1 Å². The van der Waals surface area contributed by atoms with E-state index < -0.39 is 5.41 Å². The van der Waals surface area contributed by atoms with Gasteiger partial charge in [-0.25, -0.2) is 4.98 Å². The molecule has 1 atom stereocenters. The summed E-state index contributed by atoms with van der Waals surface area (Å²) in [5.41, 5.74) is -0.123. The molecule has 0 N–H and O–H groups in total. The summed E-state index contributed by atoms with van der Waals surface area (Å²) in [5, 5.41) is 0.579. The number of halogens is 1. The van der Waals surface area contributed by atoms with Gasteiger partial charge < -0.3 is 4.90 Å². The Morgan fingerprint density at radius 3 is 2.60 bits per heavy atom. The predicted molar refractivity (Wildman–Crippen MR) is 102 cm³/mol. The number of nitrogens with zero attached hydrogens (tertiary/aromatic N) is 3. The Morgan fingerprint density at radius 1 is 1.36 bits per heavy atom. The number of hydrogen-bond donors (Lipinski definition) is 0. The number of alkyl halides is 1. The second-order valence-electron chi connectivity index (χ2n) is 7.04. The van der Waals surface area contributed by atoms with Crippen LogP contribution in [0.3, 0.4) is 0 Å². The minimum absolute atomic E-state index is 0.0285. The summed E-state index contributed by atoms with van der Waals surface area (Å²) in [7, 11) is 1.70. The van der Waals surface area contributed by atoms with Crippen LogP contribution in [0.25, 0.3) is 10.9 Å². The summed E-state index contributed by atoms with van der Waals surface area (Å²) in [6.07, 6.45) is 0.815. The zero-order valence-electron chi connectivity index (χ0n) is 15.5. The van der Waals surface area contributed by atoms with Crippen LogP contribution < -0.4 is 5.56 Å². The Kier molecular flexibility index (Phi) is 5.88. The number of hydrogen-bond acceptors (Lipinski definition) is 3. The number of carbonyl (C=O) groups is 1. The highest BCUT2D eigenvalue weighted by Gasteiger charge is 2.34. The van der Waals surface area contributed by atoms with E-state index in [1.165, 1.54) is 4.57 Å². The van der Waals surface area contributed by atoms with Crippen LogP contribution in [0.4, 0.5) is 0 Å². The van der Waals surface area contributed by atoms with Gasteiger partial charge in [-0.05, 0) is 39.3 Å². The molecule has 2 aromatic rings. The molecule has 0 saturated heterocycles. The summed E-state index contributed by atoms with van der Waals surface area (Å²) < 4.78 is 1.54. The molecule has 1 amide bonds. The van der Waals surface area contributed by atoms with Crippen molar-refractivity contribution in [2.75, 3.05) is 12.4 Å². The van der Waals surface area contributed by atoms with Gasteiger partial charge in [-0.3, -0.25) is 14.2 Å². The average molecular weight is 364 g/mol. The van der Waals surface area contributed by atoms with Gasteiger partial charge in [0.05, 0.1) is 22.4 Å². The van der Waals surface area contributed by atoms with E-state index >= 15 is 0 Å². The van der Waals surface area contributed by atoms with E-state index in [0.717, 1.165) is 6.42 Å². The van der Waals surface area contributed by atoms with Gasteiger partial charge in [-0.2, -0.15) is 0 Å². The van der Waals surface area contributed by atoms with Crippen molar-refractivity contribution < 1.29 is 4.79 Å². The van der Waals surface area contributed by atoms with E-state index in [2.05, 4.69) is 4.98 Å². The maximum absolute atomic E-state index is 13.0. The number of fused-ring (bicyclic) bond motifs is 1. The Hall–Kier alpha value is -1.88. The number of aromatic nitrogens is 2. The third-order valence-corrected chi connectivity index (χ3v) is 5.17. The number of amides is 1. The topological polar surface area (TPSA) is 55.2 Å². The van der Waals surface area contributed by atoms with Crippen molar-refractivity contribution in [3.63, 3.8) is 0 Å². The average Bonchev–Trinajstić information content (AvgIpc) is 2.61. The van der Waals surface area contributed by atoms with Crippen LogP contribution >= 0.6 is 11.6 Å². The summed E-state index contributed by atoms with van der Waals surface area (Å²) in [5.74, 6) is 0.790. The third-order valence-electron chi connectivity index (χ3n) is 4.50. The molecule has 25 heavy (non-hydrogen) atoms. The molecule has 0 aliphatic carbocycles. The molecule has 0 radical (unpaired) electrons. The zero-order chi connectivity index (χ0) is 18.8. The summed E-state index contributed by atoms with van der Waals surface area (Å²) in [4.78, 5) is 32.1. The van der Waals surface area contributed by atoms with E-state index in [-0.39, 0.29) is 23.4 Å². The summed E-state index contributed by atoms with van der Waals surface area (Å²) >= 11 is 6.00. The Labute approximate surface area is 153 Å². The smallest absolute Gasteiger partial charge is 0.261 e. The van der Waals surface area contributed by atoms with Crippen molar-refractivity contribution in [1.29, 1.82) is 0 Å². The van der Waals surface area contributed by atoms with Gasteiger partial charge in [0.15, 0.2) is 0 Å². The van der Waals surface area contributed by atoms with E-state index in [9.17, 15) is 9.59 Å². The van der Waals surface area contributed by atoms with Crippen molar-refractivity contribution in [1.82, 2.24) is 14.5 Å². The quantitative estimate of drug-likeness (QED) is 0.738. The summed E-state index contributed by atoms with van der Waals surface area (Å²) in [6.45, 7) is 8.19. The molecule has 0 aliphatic rings. The fourth-order valence-corrected chi connectivity index (χ4v) is 3.02. The van der Waals surface area contributed by atoms with Gasteiger partial charge in [0.1, 0.15) is 5.82 Å². The first-order valence-electron chi connectivity index (χ1n) is 8.57. The molecule has 6 heteroatoms. The van der Waals surface area contributed by atoms with Crippen LogP contribution in [0, 0.1) is 5.41 Å². The SMILES string of the molecule is CCCN(C(=O)C(C)(C)CCl)C(C)c1nc2ccccc2c(=O)n1C. The van der Waals surface area contributed by atoms with Crippen molar-refractivity contribution in [2.24, 2.45) is 12.5 Å². The van der Waals surface area contributed by atoms with E-state index in [1.807, 2.05) is 45.9 Å². The molecule has 1 aromatic carbocycles. The Morgan fingerprint density at radius 2 is 2.00 bits per heavy atom. The molecule has 2 rings (SSSR count). The molecule has 5 nitrogen and oxygen atoms in total. The maximum atomic E-state index is 13.0. The van der Waals surface area contributed by atoms with Crippen molar-refractivity contribution in [3.05, 3.63) is 40.4 Å². The van der Waals surface area contributed by atoms with Crippen molar-refractivity contribution in [2.45, 2.75) is 40.2 Å². The van der Waals surface area contributed by atoms with Gasteiger partial charge in [0.2, 0.25) is 5.91 Å². The fraction of sp³-hybridized carbons (Fsp3) is 0.526. The molecule has 0 fully saturated rings. The first-order chi connectivity index (χ1) is 11.7. The van der Waals surface area contributed by atoms with Crippen LogP contribution in [0.5, 0.6) is 0 Å². The molecule has 0 saturated carbocycles. The molecule has 1 aromatic heterocycles. The lowest BCUT2D eigenvalue weighted by Gasteiger charge is -2.35. The van der Waals surface area contributed by atoms with Gasteiger partial charge in [-0.15, -0.1) is 11.6 Å². The molecule has 1 unspecified atom stereocenters. The van der Waals surface area contributed by atoms with Crippen LogP contribution in [-0.2, 0) is 11.8 Å². The minimum atomic E-state index is -0.666. The number of para-hydroxylation sites is 1. The highest BCUT2D eigenvalue weighted by molar-refractivity contribution is 6.19. The molecule has 0 aliphatic heterocycles. The van der Waals surface area contributed by atoms with Gasteiger partial charge in [0, 0.05) is 19.5 Å². The van der Waals surface area contributed by atoms with E-state index in [0.29, 0.717) is 23.3 Å². The van der Waals surface area contributed by atoms with E-state index in [1.54, 1.807) is 18.0 Å². The second kappa shape index (κ2) is 7.56. The minimum Gasteiger partial charge on any atom is -0.332 e. The number of carbonyl (C=O) groups excluding carboxylic acids is 1. The first kappa shape index (κ1) is 19.4.